The van der Waals surface area contributed by atoms with Crippen molar-refractivity contribution in [3.8, 4) is 5.75 Å². The third kappa shape index (κ3) is 12.5. The molecule has 0 aromatic heterocycles. The van der Waals surface area contributed by atoms with E-state index in [-0.39, 0.29) is 0 Å². The molecule has 27 heavy (non-hydrogen) atoms. The third-order valence-corrected chi connectivity index (χ3v) is 4.62. The van der Waals surface area contributed by atoms with Gasteiger partial charge in [0.1, 0.15) is 5.75 Å². The summed E-state index contributed by atoms with van der Waals surface area (Å²) in [5.41, 5.74) is 0.466. The van der Waals surface area contributed by atoms with Gasteiger partial charge in [0.05, 0.1) is 18.8 Å². The highest BCUT2D eigenvalue weighted by Gasteiger charge is 2.08. The van der Waals surface area contributed by atoms with E-state index in [1.807, 2.05) is 6.92 Å². The van der Waals surface area contributed by atoms with Gasteiger partial charge in [0.25, 0.3) is 0 Å². The number of carbonyl (C=O) groups is 1. The van der Waals surface area contributed by atoms with Crippen LogP contribution in [-0.4, -0.2) is 19.2 Å². The lowest BCUT2D eigenvalue weighted by Crippen LogP contribution is -2.07. The highest BCUT2D eigenvalue weighted by molar-refractivity contribution is 5.89. The first-order valence-electron chi connectivity index (χ1n) is 10.8. The minimum absolute atomic E-state index is 0.459. The van der Waals surface area contributed by atoms with E-state index in [9.17, 15) is 4.79 Å². The predicted molar refractivity (Wildman–Crippen MR) is 110 cm³/mol. The van der Waals surface area contributed by atoms with Crippen molar-refractivity contribution in [2.24, 2.45) is 0 Å². The molecule has 1 aromatic rings. The van der Waals surface area contributed by atoms with Crippen molar-refractivity contribution >= 4 is 5.97 Å². The van der Waals surface area contributed by atoms with Crippen LogP contribution in [0.3, 0.4) is 0 Å². The standard InChI is InChI=1S/C23H38O4/c1-3-5-6-7-8-9-10-11-12-13-14-15-20-26-27-23(24)21-16-18-22(19-17-21)25-4-2/h16-19H,3-15,20H2,1-2H3. The molecule has 4 heteroatoms. The lowest BCUT2D eigenvalue weighted by Gasteiger charge is -2.06. The monoisotopic (exact) mass is 378 g/mol. The molecule has 1 aromatic carbocycles. The van der Waals surface area contributed by atoms with E-state index in [4.69, 9.17) is 14.5 Å². The first-order valence-corrected chi connectivity index (χ1v) is 10.8. The fourth-order valence-corrected chi connectivity index (χ4v) is 3.00. The maximum atomic E-state index is 11.8. The smallest absolute Gasteiger partial charge is 0.373 e. The van der Waals surface area contributed by atoms with Crippen molar-refractivity contribution < 1.29 is 19.3 Å². The first kappa shape index (κ1) is 23.5. The molecule has 0 aliphatic heterocycles. The van der Waals surface area contributed by atoms with E-state index >= 15 is 0 Å². The molecular formula is C23H38O4. The number of rotatable bonds is 17. The van der Waals surface area contributed by atoms with Crippen LogP contribution in [0.2, 0.25) is 0 Å². The van der Waals surface area contributed by atoms with E-state index in [0.717, 1.165) is 18.6 Å². The Morgan fingerprint density at radius 1 is 0.741 bits per heavy atom. The number of hydrogen-bond donors (Lipinski definition) is 0. The van der Waals surface area contributed by atoms with Gasteiger partial charge in [-0.25, -0.2) is 4.79 Å². The van der Waals surface area contributed by atoms with Crippen LogP contribution in [0, 0.1) is 0 Å². The van der Waals surface area contributed by atoms with Crippen LogP contribution in [0.4, 0.5) is 0 Å². The molecule has 0 aliphatic carbocycles. The Bertz CT molecular complexity index is 470. The van der Waals surface area contributed by atoms with Crippen LogP contribution < -0.4 is 4.74 Å². The third-order valence-electron chi connectivity index (χ3n) is 4.62. The van der Waals surface area contributed by atoms with Gasteiger partial charge in [-0.2, -0.15) is 4.89 Å². The molecule has 154 valence electrons. The van der Waals surface area contributed by atoms with Crippen molar-refractivity contribution in [2.75, 3.05) is 13.2 Å². The summed E-state index contributed by atoms with van der Waals surface area (Å²) in [6, 6.07) is 6.87. The number of unbranched alkanes of at least 4 members (excludes halogenated alkanes) is 11. The van der Waals surface area contributed by atoms with Crippen LogP contribution in [0.25, 0.3) is 0 Å². The Labute approximate surface area is 165 Å². The van der Waals surface area contributed by atoms with Crippen molar-refractivity contribution in [3.63, 3.8) is 0 Å². The molecule has 0 radical (unpaired) electrons. The van der Waals surface area contributed by atoms with E-state index in [1.54, 1.807) is 24.3 Å². The molecule has 0 N–H and O–H groups in total. The molecule has 0 aliphatic rings. The topological polar surface area (TPSA) is 44.8 Å². The Kier molecular flexibility index (Phi) is 14.5. The molecule has 1 rings (SSSR count). The van der Waals surface area contributed by atoms with Crippen LogP contribution in [0.1, 0.15) is 101 Å². The summed E-state index contributed by atoms with van der Waals surface area (Å²) < 4.78 is 5.34. The van der Waals surface area contributed by atoms with Gasteiger partial charge in [-0.3, -0.25) is 4.89 Å². The average molecular weight is 379 g/mol. The van der Waals surface area contributed by atoms with Gasteiger partial charge in [-0.1, -0.05) is 77.6 Å². The highest BCUT2D eigenvalue weighted by atomic mass is 17.2. The lowest BCUT2D eigenvalue weighted by atomic mass is 10.1. The molecule has 0 saturated heterocycles. The average Bonchev–Trinajstić information content (AvgIpc) is 2.69. The number of ether oxygens (including phenoxy) is 1. The second-order valence-corrected chi connectivity index (χ2v) is 7.04. The molecular weight excluding hydrogens is 340 g/mol. The quantitative estimate of drug-likeness (QED) is 0.168. The van der Waals surface area contributed by atoms with E-state index in [0.29, 0.717) is 18.8 Å². The molecule has 0 spiro atoms. The van der Waals surface area contributed by atoms with Crippen molar-refractivity contribution in [3.05, 3.63) is 29.8 Å². The van der Waals surface area contributed by atoms with Crippen LogP contribution >= 0.6 is 0 Å². The lowest BCUT2D eigenvalue weighted by molar-refractivity contribution is -0.241. The Hall–Kier alpha value is -1.55. The van der Waals surface area contributed by atoms with E-state index in [2.05, 4.69) is 6.92 Å². The maximum Gasteiger partial charge on any atom is 0.373 e. The Morgan fingerprint density at radius 3 is 1.78 bits per heavy atom. The number of carbonyl (C=O) groups excluding carboxylic acids is 1. The Morgan fingerprint density at radius 2 is 1.26 bits per heavy atom. The summed E-state index contributed by atoms with van der Waals surface area (Å²) in [4.78, 5) is 21.7. The van der Waals surface area contributed by atoms with E-state index in [1.165, 1.54) is 64.2 Å². The second-order valence-electron chi connectivity index (χ2n) is 7.04. The van der Waals surface area contributed by atoms with Gasteiger partial charge in [0.2, 0.25) is 0 Å². The van der Waals surface area contributed by atoms with Crippen molar-refractivity contribution in [1.82, 2.24) is 0 Å². The molecule has 0 bridgehead atoms. The van der Waals surface area contributed by atoms with Gasteiger partial charge < -0.3 is 4.74 Å². The minimum Gasteiger partial charge on any atom is -0.494 e. The fraction of sp³-hybridized carbons (Fsp3) is 0.696. The largest absolute Gasteiger partial charge is 0.494 e. The van der Waals surface area contributed by atoms with Crippen molar-refractivity contribution in [2.45, 2.75) is 90.9 Å². The summed E-state index contributed by atoms with van der Waals surface area (Å²) in [7, 11) is 0. The molecule has 4 nitrogen and oxygen atoms in total. The first-order chi connectivity index (χ1) is 13.3. The summed E-state index contributed by atoms with van der Waals surface area (Å²) in [6.45, 7) is 5.24. The fourth-order valence-electron chi connectivity index (χ4n) is 3.00. The summed E-state index contributed by atoms with van der Waals surface area (Å²) in [6.07, 6.45) is 15.6. The Balaban J connectivity index is 1.90. The number of benzene rings is 1. The van der Waals surface area contributed by atoms with Gasteiger partial charge in [-0.15, -0.1) is 0 Å². The molecule has 0 saturated carbocycles. The maximum absolute atomic E-state index is 11.8. The summed E-state index contributed by atoms with van der Waals surface area (Å²) >= 11 is 0. The van der Waals surface area contributed by atoms with Crippen LogP contribution in [0.5, 0.6) is 5.75 Å². The van der Waals surface area contributed by atoms with Gasteiger partial charge in [0.15, 0.2) is 0 Å². The van der Waals surface area contributed by atoms with Gasteiger partial charge in [0, 0.05) is 0 Å². The molecule has 0 amide bonds. The zero-order valence-electron chi connectivity index (χ0n) is 17.3. The zero-order chi connectivity index (χ0) is 19.6. The molecule has 0 heterocycles. The molecule has 0 atom stereocenters. The minimum atomic E-state index is -0.461. The normalized spacial score (nSPS) is 10.7. The van der Waals surface area contributed by atoms with Gasteiger partial charge in [-0.05, 0) is 37.6 Å². The zero-order valence-corrected chi connectivity index (χ0v) is 17.3. The van der Waals surface area contributed by atoms with Crippen LogP contribution in [-0.2, 0) is 9.78 Å². The molecule has 0 fully saturated rings. The van der Waals surface area contributed by atoms with Crippen LogP contribution in [0.15, 0.2) is 24.3 Å². The second kappa shape index (κ2) is 16.6. The van der Waals surface area contributed by atoms with Gasteiger partial charge >= 0.3 is 5.97 Å². The van der Waals surface area contributed by atoms with Crippen molar-refractivity contribution in [1.29, 1.82) is 0 Å². The number of hydrogen-bond acceptors (Lipinski definition) is 4. The highest BCUT2D eigenvalue weighted by Crippen LogP contribution is 2.14. The predicted octanol–water partition coefficient (Wildman–Crippen LogP) is 6.87. The molecule has 0 unspecified atom stereocenters. The summed E-state index contributed by atoms with van der Waals surface area (Å²) in [5.74, 6) is 0.281. The van der Waals surface area contributed by atoms with E-state index < -0.39 is 5.97 Å². The SMILES string of the molecule is CCCCCCCCCCCCCCOOC(=O)c1ccc(OCC)cc1. The summed E-state index contributed by atoms with van der Waals surface area (Å²) in [5, 5.41) is 0.